The zero-order valence-electron chi connectivity index (χ0n) is 17.4. The van der Waals surface area contributed by atoms with Gasteiger partial charge in [0, 0.05) is 31.5 Å². The van der Waals surface area contributed by atoms with Crippen LogP contribution in [0.5, 0.6) is 0 Å². The molecule has 8 nitrogen and oxygen atoms in total. The third-order valence-electron chi connectivity index (χ3n) is 4.78. The third-order valence-corrected chi connectivity index (χ3v) is 4.78. The molecular weight excluding hydrogens is 398 g/mol. The number of aromatic nitrogens is 2. The molecule has 0 spiro atoms. The minimum absolute atomic E-state index is 0.0139. The number of aryl methyl sites for hydroxylation is 2. The smallest absolute Gasteiger partial charge is 0.359 e. The van der Waals surface area contributed by atoms with Gasteiger partial charge in [0.2, 0.25) is 5.91 Å². The maximum Gasteiger partial charge on any atom is 0.359 e. The van der Waals surface area contributed by atoms with Crippen molar-refractivity contribution in [2.45, 2.75) is 19.8 Å². The Kier molecular flexibility index (Phi) is 6.92. The van der Waals surface area contributed by atoms with Gasteiger partial charge in [-0.2, -0.15) is 5.10 Å². The number of ether oxygens (including phenoxy) is 1. The zero-order valence-corrected chi connectivity index (χ0v) is 17.4. The Hall–Kier alpha value is -3.81. The summed E-state index contributed by atoms with van der Waals surface area (Å²) in [5.74, 6) is -1.17. The molecule has 3 aromatic rings. The number of nitrogens with one attached hydrogen (secondary N) is 1. The highest BCUT2D eigenvalue weighted by molar-refractivity contribution is 6.04. The highest BCUT2D eigenvalue weighted by Crippen LogP contribution is 2.14. The van der Waals surface area contributed by atoms with Crippen LogP contribution in [0.1, 0.15) is 39.8 Å². The number of hydrogen-bond acceptors (Lipinski definition) is 6. The van der Waals surface area contributed by atoms with E-state index in [-0.39, 0.29) is 22.9 Å². The highest BCUT2D eigenvalue weighted by atomic mass is 16.5. The lowest BCUT2D eigenvalue weighted by atomic mass is 10.1. The predicted molar refractivity (Wildman–Crippen MR) is 115 cm³/mol. The number of Topliss-reactive ketones (excluding diaryl/α,β-unsaturated/α-hetero) is 1. The molecule has 0 radical (unpaired) electrons. The van der Waals surface area contributed by atoms with Crippen molar-refractivity contribution >= 4 is 28.4 Å². The molecule has 0 saturated heterocycles. The first-order valence-corrected chi connectivity index (χ1v) is 9.86. The first-order valence-electron chi connectivity index (χ1n) is 9.86. The van der Waals surface area contributed by atoms with E-state index < -0.39 is 12.6 Å². The van der Waals surface area contributed by atoms with Crippen molar-refractivity contribution in [2.24, 2.45) is 7.05 Å². The molecule has 0 fully saturated rings. The molecule has 160 valence electrons. The molecule has 0 aliphatic heterocycles. The monoisotopic (exact) mass is 421 g/mol. The molecule has 1 amide bonds. The van der Waals surface area contributed by atoms with E-state index in [1.54, 1.807) is 36.4 Å². The van der Waals surface area contributed by atoms with Crippen molar-refractivity contribution in [3.05, 3.63) is 75.7 Å². The number of carbonyl (C=O) groups is 3. The van der Waals surface area contributed by atoms with E-state index in [1.165, 1.54) is 14.0 Å². The zero-order chi connectivity index (χ0) is 22.4. The maximum atomic E-state index is 12.5. The molecule has 2 aromatic carbocycles. The van der Waals surface area contributed by atoms with Crippen molar-refractivity contribution in [1.82, 2.24) is 15.1 Å². The fourth-order valence-electron chi connectivity index (χ4n) is 3.15. The van der Waals surface area contributed by atoms with Gasteiger partial charge >= 0.3 is 5.97 Å². The third kappa shape index (κ3) is 5.42. The molecule has 0 atom stereocenters. The molecule has 0 bridgehead atoms. The first-order chi connectivity index (χ1) is 14.9. The summed E-state index contributed by atoms with van der Waals surface area (Å²) in [5.41, 5.74) is 1.14. The lowest BCUT2D eigenvalue weighted by Crippen LogP contribution is -2.24. The number of benzene rings is 2. The molecule has 8 heteroatoms. The van der Waals surface area contributed by atoms with Crippen LogP contribution in [-0.2, 0) is 23.0 Å². The Morgan fingerprint density at radius 1 is 1.03 bits per heavy atom. The van der Waals surface area contributed by atoms with Crippen molar-refractivity contribution in [3.63, 3.8) is 0 Å². The number of carbonyl (C=O) groups excluding carboxylic acids is 3. The number of esters is 1. The summed E-state index contributed by atoms with van der Waals surface area (Å²) < 4.78 is 6.25. The second-order valence-electron chi connectivity index (χ2n) is 7.11. The summed E-state index contributed by atoms with van der Waals surface area (Å²) in [4.78, 5) is 48.0. The number of ketones is 1. The van der Waals surface area contributed by atoms with Gasteiger partial charge in [0.25, 0.3) is 5.56 Å². The summed E-state index contributed by atoms with van der Waals surface area (Å²) in [7, 11) is 1.45. The number of rotatable bonds is 8. The Morgan fingerprint density at radius 2 is 1.71 bits per heavy atom. The van der Waals surface area contributed by atoms with Gasteiger partial charge in [-0.05, 0) is 24.5 Å². The number of hydrogen-bond donors (Lipinski definition) is 1. The van der Waals surface area contributed by atoms with E-state index in [9.17, 15) is 19.2 Å². The number of fused-ring (bicyclic) bond motifs is 1. The molecule has 0 aliphatic rings. The van der Waals surface area contributed by atoms with Crippen molar-refractivity contribution in [1.29, 1.82) is 0 Å². The molecule has 0 saturated carbocycles. The topological polar surface area (TPSA) is 107 Å². The second-order valence-corrected chi connectivity index (χ2v) is 7.11. The van der Waals surface area contributed by atoms with E-state index in [4.69, 9.17) is 4.74 Å². The largest absolute Gasteiger partial charge is 0.452 e. The summed E-state index contributed by atoms with van der Waals surface area (Å²) in [6, 6.07) is 13.7. The van der Waals surface area contributed by atoms with Crippen LogP contribution < -0.4 is 10.9 Å². The standard InChI is InChI=1S/C23H23N3O5/c1-15(27)24-13-5-6-16-9-11-17(12-10-16)20(28)14-31-23(30)21-18-7-3-4-8-19(18)22(29)26(2)25-21/h3-4,7-12H,5-6,13-14H2,1-2H3,(H,24,27). The van der Waals surface area contributed by atoms with E-state index in [1.807, 2.05) is 12.1 Å². The van der Waals surface area contributed by atoms with Gasteiger partial charge in [0.05, 0.1) is 5.39 Å². The Morgan fingerprint density at radius 3 is 2.39 bits per heavy atom. The van der Waals surface area contributed by atoms with E-state index >= 15 is 0 Å². The van der Waals surface area contributed by atoms with Gasteiger partial charge in [-0.15, -0.1) is 0 Å². The van der Waals surface area contributed by atoms with E-state index in [0.29, 0.717) is 22.9 Å². The van der Waals surface area contributed by atoms with E-state index in [2.05, 4.69) is 10.4 Å². The van der Waals surface area contributed by atoms with Crippen LogP contribution >= 0.6 is 0 Å². The Balaban J connectivity index is 1.61. The SMILES string of the molecule is CC(=O)NCCCc1ccc(C(=O)COC(=O)c2nn(C)c(=O)c3ccccc23)cc1. The first kappa shape index (κ1) is 21.9. The van der Waals surface area contributed by atoms with Crippen LogP contribution in [0, 0.1) is 0 Å². The van der Waals surface area contributed by atoms with Crippen molar-refractivity contribution in [2.75, 3.05) is 13.2 Å². The highest BCUT2D eigenvalue weighted by Gasteiger charge is 2.18. The van der Waals surface area contributed by atoms with E-state index in [0.717, 1.165) is 23.1 Å². The fraction of sp³-hybridized carbons (Fsp3) is 0.261. The van der Waals surface area contributed by atoms with Crippen molar-refractivity contribution < 1.29 is 19.1 Å². The quantitative estimate of drug-likeness (QED) is 0.339. The summed E-state index contributed by atoms with van der Waals surface area (Å²) >= 11 is 0. The van der Waals surface area contributed by atoms with Crippen LogP contribution in [0.15, 0.2) is 53.3 Å². The van der Waals surface area contributed by atoms with Crippen LogP contribution in [0.25, 0.3) is 10.8 Å². The minimum Gasteiger partial charge on any atom is -0.452 e. The molecule has 1 N–H and O–H groups in total. The predicted octanol–water partition coefficient (Wildman–Crippen LogP) is 2.04. The van der Waals surface area contributed by atoms with Gasteiger partial charge in [0.15, 0.2) is 18.1 Å². The number of nitrogens with zero attached hydrogens (tertiary/aromatic N) is 2. The van der Waals surface area contributed by atoms with Gasteiger partial charge in [0.1, 0.15) is 0 Å². The normalized spacial score (nSPS) is 10.6. The molecule has 1 aromatic heterocycles. The van der Waals surface area contributed by atoms with Gasteiger partial charge in [-0.3, -0.25) is 14.4 Å². The second kappa shape index (κ2) is 9.80. The Labute approximate surface area is 178 Å². The fourth-order valence-corrected chi connectivity index (χ4v) is 3.15. The van der Waals surface area contributed by atoms with Gasteiger partial charge < -0.3 is 10.1 Å². The van der Waals surface area contributed by atoms with Crippen LogP contribution in [-0.4, -0.2) is 40.6 Å². The molecular formula is C23H23N3O5. The lowest BCUT2D eigenvalue weighted by Gasteiger charge is -2.08. The molecule has 3 rings (SSSR count). The molecule has 1 heterocycles. The summed E-state index contributed by atoms with van der Waals surface area (Å²) in [6.07, 6.45) is 1.57. The number of amides is 1. The van der Waals surface area contributed by atoms with Crippen LogP contribution in [0.4, 0.5) is 0 Å². The average molecular weight is 421 g/mol. The van der Waals surface area contributed by atoms with Crippen LogP contribution in [0.2, 0.25) is 0 Å². The maximum absolute atomic E-state index is 12.5. The summed E-state index contributed by atoms with van der Waals surface area (Å²) in [6.45, 7) is 1.64. The van der Waals surface area contributed by atoms with Crippen LogP contribution in [0.3, 0.4) is 0 Å². The minimum atomic E-state index is -0.769. The average Bonchev–Trinajstić information content (AvgIpc) is 2.77. The summed E-state index contributed by atoms with van der Waals surface area (Å²) in [5, 5.41) is 7.48. The van der Waals surface area contributed by atoms with Crippen molar-refractivity contribution in [3.8, 4) is 0 Å². The van der Waals surface area contributed by atoms with Gasteiger partial charge in [-0.25, -0.2) is 9.48 Å². The molecule has 31 heavy (non-hydrogen) atoms. The van der Waals surface area contributed by atoms with Gasteiger partial charge in [-0.1, -0.05) is 42.5 Å². The lowest BCUT2D eigenvalue weighted by molar-refractivity contribution is -0.118. The Bertz CT molecular complexity index is 1180. The molecule has 0 unspecified atom stereocenters. The molecule has 0 aliphatic carbocycles.